The standard InChI is InChI=1S/C13H20N4O2/c1-4-13(2)12(19)14-9-11(18)17(13)8-6-10-5-7-15-16(10)3/h5,7H,4,6,8-9H2,1-3H3,(H,14,19). The molecule has 0 bridgehead atoms. The normalized spacial score (nSPS) is 23.6. The van der Waals surface area contributed by atoms with Crippen molar-refractivity contribution in [1.82, 2.24) is 20.0 Å². The number of hydrogen-bond acceptors (Lipinski definition) is 3. The summed E-state index contributed by atoms with van der Waals surface area (Å²) in [6.45, 7) is 4.38. The minimum absolute atomic E-state index is 0.0221. The molecule has 1 N–H and O–H groups in total. The maximum atomic E-state index is 12.0. The Morgan fingerprint density at radius 3 is 2.79 bits per heavy atom. The minimum Gasteiger partial charge on any atom is -0.345 e. The summed E-state index contributed by atoms with van der Waals surface area (Å²) in [5, 5.41) is 6.76. The summed E-state index contributed by atoms with van der Waals surface area (Å²) in [6.07, 6.45) is 3.04. The second kappa shape index (κ2) is 5.03. The molecule has 1 aliphatic heterocycles. The Kier molecular flexibility index (Phi) is 3.59. The van der Waals surface area contributed by atoms with E-state index in [4.69, 9.17) is 0 Å². The Labute approximate surface area is 112 Å². The average molecular weight is 264 g/mol. The lowest BCUT2D eigenvalue weighted by molar-refractivity contribution is -0.152. The summed E-state index contributed by atoms with van der Waals surface area (Å²) in [7, 11) is 1.87. The van der Waals surface area contributed by atoms with Crippen LogP contribution >= 0.6 is 0 Å². The van der Waals surface area contributed by atoms with Gasteiger partial charge in [-0.1, -0.05) is 6.92 Å². The van der Waals surface area contributed by atoms with E-state index >= 15 is 0 Å². The van der Waals surface area contributed by atoms with Gasteiger partial charge in [0.05, 0.1) is 6.54 Å². The number of rotatable bonds is 4. The predicted molar refractivity (Wildman–Crippen MR) is 70.3 cm³/mol. The van der Waals surface area contributed by atoms with E-state index in [0.717, 1.165) is 5.69 Å². The molecule has 2 heterocycles. The molecule has 2 amide bonds. The van der Waals surface area contributed by atoms with Gasteiger partial charge in [0.25, 0.3) is 0 Å². The van der Waals surface area contributed by atoms with Gasteiger partial charge in [-0.05, 0) is 19.4 Å². The second-order valence-corrected chi connectivity index (χ2v) is 5.05. The summed E-state index contributed by atoms with van der Waals surface area (Å²) in [4.78, 5) is 25.7. The fourth-order valence-corrected chi connectivity index (χ4v) is 2.44. The second-order valence-electron chi connectivity index (χ2n) is 5.05. The average Bonchev–Trinajstić information content (AvgIpc) is 2.80. The van der Waals surface area contributed by atoms with E-state index in [0.29, 0.717) is 19.4 Å². The maximum Gasteiger partial charge on any atom is 0.246 e. The molecule has 19 heavy (non-hydrogen) atoms. The third-order valence-electron chi connectivity index (χ3n) is 3.99. The zero-order valence-corrected chi connectivity index (χ0v) is 11.6. The first-order valence-corrected chi connectivity index (χ1v) is 6.54. The molecular weight excluding hydrogens is 244 g/mol. The lowest BCUT2D eigenvalue weighted by Crippen LogP contribution is -2.65. The highest BCUT2D eigenvalue weighted by molar-refractivity contribution is 5.97. The Morgan fingerprint density at radius 2 is 2.21 bits per heavy atom. The van der Waals surface area contributed by atoms with E-state index in [1.165, 1.54) is 0 Å². The van der Waals surface area contributed by atoms with Crippen molar-refractivity contribution in [3.05, 3.63) is 18.0 Å². The van der Waals surface area contributed by atoms with Gasteiger partial charge in [0.15, 0.2) is 0 Å². The van der Waals surface area contributed by atoms with Crippen molar-refractivity contribution in [2.75, 3.05) is 13.1 Å². The van der Waals surface area contributed by atoms with E-state index in [-0.39, 0.29) is 18.4 Å². The molecule has 0 aliphatic carbocycles. The number of amides is 2. The molecule has 0 spiro atoms. The van der Waals surface area contributed by atoms with Gasteiger partial charge >= 0.3 is 0 Å². The molecule has 2 rings (SSSR count). The molecular formula is C13H20N4O2. The molecule has 6 heteroatoms. The zero-order chi connectivity index (χ0) is 14.0. The first-order valence-electron chi connectivity index (χ1n) is 6.54. The number of carbonyl (C=O) groups is 2. The minimum atomic E-state index is -0.742. The molecule has 1 unspecified atom stereocenters. The molecule has 1 fully saturated rings. The van der Waals surface area contributed by atoms with E-state index in [1.807, 2.05) is 27.0 Å². The van der Waals surface area contributed by atoms with Gasteiger partial charge in [0.1, 0.15) is 5.54 Å². The first kappa shape index (κ1) is 13.6. The smallest absolute Gasteiger partial charge is 0.246 e. The number of nitrogens with zero attached hydrogens (tertiary/aromatic N) is 3. The van der Waals surface area contributed by atoms with Crippen LogP contribution < -0.4 is 5.32 Å². The zero-order valence-electron chi connectivity index (χ0n) is 11.6. The molecule has 104 valence electrons. The lowest BCUT2D eigenvalue weighted by Gasteiger charge is -2.43. The third kappa shape index (κ3) is 2.34. The highest BCUT2D eigenvalue weighted by Gasteiger charge is 2.43. The first-order chi connectivity index (χ1) is 8.99. The van der Waals surface area contributed by atoms with Crippen molar-refractivity contribution < 1.29 is 9.59 Å². The van der Waals surface area contributed by atoms with Gasteiger partial charge in [-0.15, -0.1) is 0 Å². The maximum absolute atomic E-state index is 12.0. The van der Waals surface area contributed by atoms with Crippen molar-refractivity contribution in [2.45, 2.75) is 32.2 Å². The fraction of sp³-hybridized carbons (Fsp3) is 0.615. The lowest BCUT2D eigenvalue weighted by atomic mass is 9.92. The van der Waals surface area contributed by atoms with Crippen LogP contribution in [0.2, 0.25) is 0 Å². The van der Waals surface area contributed by atoms with Crippen molar-refractivity contribution in [3.63, 3.8) is 0 Å². The van der Waals surface area contributed by atoms with Crippen LogP contribution in [-0.4, -0.2) is 45.1 Å². The highest BCUT2D eigenvalue weighted by Crippen LogP contribution is 2.23. The fourth-order valence-electron chi connectivity index (χ4n) is 2.44. The summed E-state index contributed by atoms with van der Waals surface area (Å²) in [6, 6.07) is 1.93. The predicted octanol–water partition coefficient (Wildman–Crippen LogP) is 0.0897. The van der Waals surface area contributed by atoms with Gasteiger partial charge in [-0.2, -0.15) is 5.10 Å². The Morgan fingerprint density at radius 1 is 1.47 bits per heavy atom. The number of aryl methyl sites for hydroxylation is 1. The number of carbonyl (C=O) groups excluding carboxylic acids is 2. The Bertz CT molecular complexity index is 497. The highest BCUT2D eigenvalue weighted by atomic mass is 16.2. The molecule has 0 saturated carbocycles. The molecule has 1 saturated heterocycles. The van der Waals surface area contributed by atoms with E-state index < -0.39 is 5.54 Å². The summed E-state index contributed by atoms with van der Waals surface area (Å²) >= 11 is 0. The van der Waals surface area contributed by atoms with Crippen LogP contribution in [0.25, 0.3) is 0 Å². The van der Waals surface area contributed by atoms with Crippen LogP contribution in [0.5, 0.6) is 0 Å². The van der Waals surface area contributed by atoms with Gasteiger partial charge in [0, 0.05) is 31.9 Å². The largest absolute Gasteiger partial charge is 0.345 e. The van der Waals surface area contributed by atoms with E-state index in [1.54, 1.807) is 15.8 Å². The van der Waals surface area contributed by atoms with Crippen LogP contribution in [0.15, 0.2) is 12.3 Å². The molecule has 1 aromatic heterocycles. The summed E-state index contributed by atoms with van der Waals surface area (Å²) in [5.74, 6) is -0.0919. The van der Waals surface area contributed by atoms with Gasteiger partial charge in [-0.25, -0.2) is 0 Å². The van der Waals surface area contributed by atoms with Gasteiger partial charge < -0.3 is 10.2 Å². The molecule has 6 nitrogen and oxygen atoms in total. The van der Waals surface area contributed by atoms with E-state index in [9.17, 15) is 9.59 Å². The van der Waals surface area contributed by atoms with Crippen molar-refractivity contribution >= 4 is 11.8 Å². The molecule has 1 aliphatic rings. The van der Waals surface area contributed by atoms with Crippen molar-refractivity contribution in [2.24, 2.45) is 7.05 Å². The SMILES string of the molecule is CCC1(C)C(=O)NCC(=O)N1CCc1ccnn1C. The van der Waals surface area contributed by atoms with Crippen LogP contribution in [0, 0.1) is 0 Å². The van der Waals surface area contributed by atoms with E-state index in [2.05, 4.69) is 10.4 Å². The number of nitrogens with one attached hydrogen (secondary N) is 1. The summed E-state index contributed by atoms with van der Waals surface area (Å²) in [5.41, 5.74) is 0.311. The molecule has 1 aromatic rings. The van der Waals surface area contributed by atoms with Gasteiger partial charge in [-0.3, -0.25) is 14.3 Å². The third-order valence-corrected chi connectivity index (χ3v) is 3.99. The van der Waals surface area contributed by atoms with Crippen LogP contribution in [-0.2, 0) is 23.1 Å². The molecule has 1 atom stereocenters. The van der Waals surface area contributed by atoms with Crippen LogP contribution in [0.1, 0.15) is 26.0 Å². The Balaban J connectivity index is 2.13. The Hall–Kier alpha value is -1.85. The summed E-state index contributed by atoms with van der Waals surface area (Å²) < 4.78 is 1.79. The van der Waals surface area contributed by atoms with Crippen molar-refractivity contribution in [3.8, 4) is 0 Å². The van der Waals surface area contributed by atoms with Crippen molar-refractivity contribution in [1.29, 1.82) is 0 Å². The number of hydrogen-bond donors (Lipinski definition) is 1. The quantitative estimate of drug-likeness (QED) is 0.838. The van der Waals surface area contributed by atoms with Crippen LogP contribution in [0.4, 0.5) is 0 Å². The molecule has 0 radical (unpaired) electrons. The van der Waals surface area contributed by atoms with Crippen LogP contribution in [0.3, 0.4) is 0 Å². The van der Waals surface area contributed by atoms with Gasteiger partial charge in [0.2, 0.25) is 11.8 Å². The number of aromatic nitrogens is 2. The number of piperazine rings is 1. The monoisotopic (exact) mass is 264 g/mol. The molecule has 0 aromatic carbocycles. The topological polar surface area (TPSA) is 67.2 Å².